The van der Waals surface area contributed by atoms with Crippen LogP contribution in [0.15, 0.2) is 30.3 Å². The highest BCUT2D eigenvalue weighted by molar-refractivity contribution is 5.19. The maximum Gasteiger partial charge on any atom is 0.258 e. The first-order valence-corrected chi connectivity index (χ1v) is 7.37. The zero-order valence-corrected chi connectivity index (χ0v) is 14.2. The highest BCUT2D eigenvalue weighted by Crippen LogP contribution is 2.34. The van der Waals surface area contributed by atoms with E-state index in [-0.39, 0.29) is 0 Å². The minimum absolute atomic E-state index is 0.444. The Morgan fingerprint density at radius 2 is 1.14 bits per heavy atom. The van der Waals surface area contributed by atoms with E-state index in [1.54, 1.807) is 0 Å². The molecule has 0 fully saturated rings. The first-order chi connectivity index (χ1) is 9.58. The number of hydrogen-bond acceptors (Lipinski definition) is 4. The molecular weight excluding hydrogens is 268 g/mol. The van der Waals surface area contributed by atoms with Crippen LogP contribution in [0.25, 0.3) is 0 Å². The largest absolute Gasteiger partial charge is 0.258 e. The third-order valence-electron chi connectivity index (χ3n) is 2.53. The van der Waals surface area contributed by atoms with Crippen molar-refractivity contribution < 1.29 is 19.6 Å². The molecule has 4 heteroatoms. The van der Waals surface area contributed by atoms with Gasteiger partial charge in [0.05, 0.1) is 11.2 Å². The van der Waals surface area contributed by atoms with E-state index >= 15 is 0 Å². The second-order valence-electron chi connectivity index (χ2n) is 7.03. The molecule has 1 aromatic rings. The Bertz CT molecular complexity index is 397. The van der Waals surface area contributed by atoms with Gasteiger partial charge in [-0.05, 0) is 41.5 Å². The summed E-state index contributed by atoms with van der Waals surface area (Å²) in [7, 11) is 0. The van der Waals surface area contributed by atoms with Gasteiger partial charge < -0.3 is 0 Å². The molecule has 0 amide bonds. The summed E-state index contributed by atoms with van der Waals surface area (Å²) in [4.78, 5) is 22.4. The summed E-state index contributed by atoms with van der Waals surface area (Å²) in [6.45, 7) is 13.5. The van der Waals surface area contributed by atoms with Crippen molar-refractivity contribution in [3.05, 3.63) is 35.9 Å². The van der Waals surface area contributed by atoms with Gasteiger partial charge in [0.15, 0.2) is 0 Å². The van der Waals surface area contributed by atoms with E-state index in [1.165, 1.54) is 0 Å². The maximum absolute atomic E-state index is 5.68. The Balaban J connectivity index is 3.01. The van der Waals surface area contributed by atoms with Crippen molar-refractivity contribution in [3.8, 4) is 0 Å². The average molecular weight is 296 g/mol. The predicted octanol–water partition coefficient (Wildman–Crippen LogP) is 4.74. The molecule has 0 aliphatic heterocycles. The molecule has 0 aliphatic carbocycles. The van der Waals surface area contributed by atoms with Crippen LogP contribution >= 0.6 is 0 Å². The summed E-state index contributed by atoms with van der Waals surface area (Å²) in [5.74, 6) is -1.10. The Hall–Kier alpha value is -0.940. The van der Waals surface area contributed by atoms with E-state index in [2.05, 4.69) is 0 Å². The third kappa shape index (κ3) is 6.14. The molecular formula is C17H28O4. The third-order valence-corrected chi connectivity index (χ3v) is 2.53. The van der Waals surface area contributed by atoms with Crippen molar-refractivity contribution in [2.45, 2.75) is 71.9 Å². The molecule has 0 bridgehead atoms. The van der Waals surface area contributed by atoms with Gasteiger partial charge in [-0.3, -0.25) is 0 Å². The molecule has 0 atom stereocenters. The van der Waals surface area contributed by atoms with E-state index in [9.17, 15) is 0 Å². The minimum Gasteiger partial charge on any atom is -0.227 e. The van der Waals surface area contributed by atoms with Gasteiger partial charge in [0.25, 0.3) is 5.79 Å². The molecule has 1 aromatic carbocycles. The standard InChI is InChI=1S/C17H28O4/c1-8-17(20-18-15(2,3)4,21-19-16(5,6)7)14-12-10-9-11-13-14/h9-13H,8H2,1-7H3. The van der Waals surface area contributed by atoms with Crippen molar-refractivity contribution in [2.24, 2.45) is 0 Å². The first-order valence-electron chi connectivity index (χ1n) is 7.37. The molecule has 0 spiro atoms. The molecule has 0 radical (unpaired) electrons. The summed E-state index contributed by atoms with van der Waals surface area (Å²) in [6, 6.07) is 9.67. The minimum atomic E-state index is -1.10. The quantitative estimate of drug-likeness (QED) is 0.431. The van der Waals surface area contributed by atoms with E-state index < -0.39 is 17.0 Å². The van der Waals surface area contributed by atoms with Crippen LogP contribution < -0.4 is 0 Å². The van der Waals surface area contributed by atoms with Gasteiger partial charge in [-0.15, -0.1) is 0 Å². The Morgan fingerprint density at radius 1 is 0.714 bits per heavy atom. The topological polar surface area (TPSA) is 36.9 Å². The Kier molecular flexibility index (Phi) is 5.93. The van der Waals surface area contributed by atoms with Crippen molar-refractivity contribution in [3.63, 3.8) is 0 Å². The Labute approximate surface area is 128 Å². The van der Waals surface area contributed by atoms with Crippen LogP contribution in [0.1, 0.15) is 60.5 Å². The predicted molar refractivity (Wildman–Crippen MR) is 82.3 cm³/mol. The highest BCUT2D eigenvalue weighted by Gasteiger charge is 2.38. The van der Waals surface area contributed by atoms with Gasteiger partial charge in [0.1, 0.15) is 0 Å². The van der Waals surface area contributed by atoms with Crippen molar-refractivity contribution in [1.82, 2.24) is 0 Å². The van der Waals surface area contributed by atoms with Crippen molar-refractivity contribution in [1.29, 1.82) is 0 Å². The van der Waals surface area contributed by atoms with Crippen LogP contribution in [0.3, 0.4) is 0 Å². The average Bonchev–Trinajstić information content (AvgIpc) is 2.38. The Morgan fingerprint density at radius 3 is 1.48 bits per heavy atom. The molecule has 0 heterocycles. The SMILES string of the molecule is CCC(OOC(C)(C)C)(OOC(C)(C)C)c1ccccc1. The van der Waals surface area contributed by atoms with Crippen LogP contribution in [0, 0.1) is 0 Å². The monoisotopic (exact) mass is 296 g/mol. The van der Waals surface area contributed by atoms with Gasteiger partial charge in [0, 0.05) is 12.0 Å². The van der Waals surface area contributed by atoms with E-state index in [0.29, 0.717) is 6.42 Å². The zero-order chi connectivity index (χ0) is 16.1. The van der Waals surface area contributed by atoms with Gasteiger partial charge >= 0.3 is 0 Å². The van der Waals surface area contributed by atoms with Crippen LogP contribution in [0.5, 0.6) is 0 Å². The lowest BCUT2D eigenvalue weighted by Gasteiger charge is -2.34. The molecule has 0 unspecified atom stereocenters. The molecule has 21 heavy (non-hydrogen) atoms. The number of rotatable bonds is 6. The number of benzene rings is 1. The van der Waals surface area contributed by atoms with E-state index in [1.807, 2.05) is 78.8 Å². The van der Waals surface area contributed by atoms with E-state index in [4.69, 9.17) is 19.6 Å². The van der Waals surface area contributed by atoms with Crippen LogP contribution in [0.2, 0.25) is 0 Å². The fraction of sp³-hybridized carbons (Fsp3) is 0.647. The second-order valence-corrected chi connectivity index (χ2v) is 7.03. The van der Waals surface area contributed by atoms with Crippen molar-refractivity contribution in [2.75, 3.05) is 0 Å². The highest BCUT2D eigenvalue weighted by atomic mass is 17.3. The zero-order valence-electron chi connectivity index (χ0n) is 14.2. The molecule has 0 aliphatic rings. The summed E-state index contributed by atoms with van der Waals surface area (Å²) < 4.78 is 0. The van der Waals surface area contributed by atoms with E-state index in [0.717, 1.165) is 5.56 Å². The van der Waals surface area contributed by atoms with Crippen molar-refractivity contribution >= 4 is 0 Å². The summed E-state index contributed by atoms with van der Waals surface area (Å²) in [6.07, 6.45) is 0.545. The van der Waals surface area contributed by atoms with Gasteiger partial charge in [-0.2, -0.15) is 9.78 Å². The second kappa shape index (κ2) is 6.88. The van der Waals surface area contributed by atoms with Gasteiger partial charge in [0.2, 0.25) is 0 Å². The molecule has 1 rings (SSSR count). The lowest BCUT2D eigenvalue weighted by molar-refractivity contribution is -0.550. The molecule has 0 saturated heterocycles. The lowest BCUT2D eigenvalue weighted by Crippen LogP contribution is -2.38. The van der Waals surface area contributed by atoms with Crippen LogP contribution in [-0.2, 0) is 25.3 Å². The fourth-order valence-electron chi connectivity index (χ4n) is 1.51. The molecule has 120 valence electrons. The summed E-state index contributed by atoms with van der Waals surface area (Å²) >= 11 is 0. The van der Waals surface area contributed by atoms with Gasteiger partial charge in [-0.1, -0.05) is 37.3 Å². The van der Waals surface area contributed by atoms with Gasteiger partial charge in [-0.25, -0.2) is 9.78 Å². The molecule has 0 saturated carbocycles. The van der Waals surface area contributed by atoms with Crippen LogP contribution in [-0.4, -0.2) is 11.2 Å². The summed E-state index contributed by atoms with van der Waals surface area (Å²) in [5.41, 5.74) is -0.0402. The fourth-order valence-corrected chi connectivity index (χ4v) is 1.51. The first kappa shape index (κ1) is 18.1. The normalized spacial score (nSPS) is 13.5. The molecule has 0 N–H and O–H groups in total. The maximum atomic E-state index is 5.68. The van der Waals surface area contributed by atoms with Crippen LogP contribution in [0.4, 0.5) is 0 Å². The molecule has 0 aromatic heterocycles. The lowest BCUT2D eigenvalue weighted by atomic mass is 10.0. The molecule has 4 nitrogen and oxygen atoms in total. The smallest absolute Gasteiger partial charge is 0.227 e. The summed E-state index contributed by atoms with van der Waals surface area (Å²) in [5, 5.41) is 0. The number of hydrogen-bond donors (Lipinski definition) is 0.